The first-order valence-corrected chi connectivity index (χ1v) is 10.3. The molecule has 1 aromatic heterocycles. The summed E-state index contributed by atoms with van der Waals surface area (Å²) >= 11 is 7.09. The van der Waals surface area contributed by atoms with Gasteiger partial charge in [0.1, 0.15) is 0 Å². The number of hydrogen-bond acceptors (Lipinski definition) is 6. The summed E-state index contributed by atoms with van der Waals surface area (Å²) in [5, 5.41) is 10.8. The van der Waals surface area contributed by atoms with E-state index in [0.717, 1.165) is 12.0 Å². The van der Waals surface area contributed by atoms with Gasteiger partial charge in [0.15, 0.2) is 5.82 Å². The third-order valence-electron chi connectivity index (χ3n) is 3.73. The minimum absolute atomic E-state index is 0.127. The van der Waals surface area contributed by atoms with Crippen molar-refractivity contribution < 1.29 is 14.3 Å². The molecule has 0 saturated carbocycles. The highest BCUT2D eigenvalue weighted by atomic mass is 35.5. The Labute approximate surface area is 177 Å². The molecule has 0 fully saturated rings. The quantitative estimate of drug-likeness (QED) is 0.405. The highest BCUT2D eigenvalue weighted by molar-refractivity contribution is 7.99. The predicted octanol–water partition coefficient (Wildman–Crippen LogP) is 4.42. The lowest BCUT2D eigenvalue weighted by Gasteiger charge is -2.07. The molecule has 0 spiro atoms. The van der Waals surface area contributed by atoms with Gasteiger partial charge in [0.2, 0.25) is 11.1 Å². The third kappa shape index (κ3) is 6.07. The van der Waals surface area contributed by atoms with Crippen LogP contribution in [0.2, 0.25) is 5.02 Å². The summed E-state index contributed by atoms with van der Waals surface area (Å²) in [4.78, 5) is 28.5. The predicted molar refractivity (Wildman–Crippen MR) is 113 cm³/mol. The molecule has 29 heavy (non-hydrogen) atoms. The second-order valence-electron chi connectivity index (χ2n) is 6.03. The van der Waals surface area contributed by atoms with Gasteiger partial charge in [-0.25, -0.2) is 9.78 Å². The number of hydrogen-bond donors (Lipinski definition) is 2. The maximum atomic E-state index is 12.2. The van der Waals surface area contributed by atoms with Crippen LogP contribution in [0.5, 0.6) is 0 Å². The molecule has 0 aliphatic heterocycles. The molecule has 0 unspecified atom stereocenters. The van der Waals surface area contributed by atoms with E-state index in [4.69, 9.17) is 16.3 Å². The average molecular weight is 431 g/mol. The number of rotatable bonds is 8. The number of ether oxygens (including phenoxy) is 1. The second kappa shape index (κ2) is 10.1. The summed E-state index contributed by atoms with van der Waals surface area (Å²) in [5.74, 6) is 0.0881. The molecule has 0 aliphatic carbocycles. The molecule has 7 nitrogen and oxygen atoms in total. The Morgan fingerprint density at radius 1 is 1.21 bits per heavy atom. The number of halogens is 1. The molecule has 1 amide bonds. The minimum Gasteiger partial charge on any atom is -0.462 e. The van der Waals surface area contributed by atoms with Crippen molar-refractivity contribution in [1.29, 1.82) is 0 Å². The number of carbonyl (C=O) groups excluding carboxylic acids is 2. The fraction of sp³-hybridized carbons (Fsp3) is 0.200. The molecule has 2 aromatic carbocycles. The molecule has 3 rings (SSSR count). The maximum Gasteiger partial charge on any atom is 0.338 e. The number of anilines is 1. The highest BCUT2D eigenvalue weighted by Gasteiger charge is 2.11. The van der Waals surface area contributed by atoms with E-state index in [1.807, 2.05) is 19.1 Å². The molecule has 3 aromatic rings. The van der Waals surface area contributed by atoms with Crippen LogP contribution in [0.1, 0.15) is 23.7 Å². The van der Waals surface area contributed by atoms with Crippen LogP contribution in [0.15, 0.2) is 53.7 Å². The van der Waals surface area contributed by atoms with Gasteiger partial charge < -0.3 is 10.1 Å². The monoisotopic (exact) mass is 430 g/mol. The van der Waals surface area contributed by atoms with Crippen molar-refractivity contribution in [3.05, 3.63) is 59.1 Å². The van der Waals surface area contributed by atoms with Crippen LogP contribution in [0, 0.1) is 0 Å². The molecule has 0 bridgehead atoms. The number of H-pyrrole nitrogens is 1. The van der Waals surface area contributed by atoms with E-state index < -0.39 is 5.97 Å². The van der Waals surface area contributed by atoms with Crippen LogP contribution >= 0.6 is 23.4 Å². The zero-order valence-electron chi connectivity index (χ0n) is 15.6. The first-order valence-electron chi connectivity index (χ1n) is 8.93. The number of esters is 1. The van der Waals surface area contributed by atoms with Crippen LogP contribution < -0.4 is 5.32 Å². The SMILES string of the molecule is CCCOC(=O)c1cccc(NC(=O)CSc2n[nH]c(-c3ccc(Cl)cc3)n2)c1. The van der Waals surface area contributed by atoms with Gasteiger partial charge in [-0.15, -0.1) is 5.10 Å². The fourth-order valence-electron chi connectivity index (χ4n) is 2.38. The standard InChI is InChI=1S/C20H19ClN4O3S/c1-2-10-28-19(27)14-4-3-5-16(11-14)22-17(26)12-29-20-23-18(24-25-20)13-6-8-15(21)9-7-13/h3-9,11H,2,10,12H2,1H3,(H,22,26)(H,23,24,25). The van der Waals surface area contributed by atoms with Gasteiger partial charge in [-0.3, -0.25) is 9.89 Å². The van der Waals surface area contributed by atoms with Gasteiger partial charge in [-0.05, 0) is 48.9 Å². The maximum absolute atomic E-state index is 12.2. The Kier molecular flexibility index (Phi) is 7.26. The number of amides is 1. The van der Waals surface area contributed by atoms with Crippen molar-refractivity contribution >= 4 is 40.9 Å². The summed E-state index contributed by atoms with van der Waals surface area (Å²) in [7, 11) is 0. The number of aromatic nitrogens is 3. The molecule has 0 saturated heterocycles. The van der Waals surface area contributed by atoms with Gasteiger partial charge in [0.05, 0.1) is 17.9 Å². The molecule has 0 radical (unpaired) electrons. The van der Waals surface area contributed by atoms with E-state index in [1.54, 1.807) is 36.4 Å². The van der Waals surface area contributed by atoms with Crippen molar-refractivity contribution in [1.82, 2.24) is 15.2 Å². The lowest BCUT2D eigenvalue weighted by molar-refractivity contribution is -0.113. The lowest BCUT2D eigenvalue weighted by atomic mass is 10.2. The van der Waals surface area contributed by atoms with Crippen LogP contribution in [0.25, 0.3) is 11.4 Å². The van der Waals surface area contributed by atoms with E-state index in [1.165, 1.54) is 11.8 Å². The van der Waals surface area contributed by atoms with E-state index in [-0.39, 0.29) is 11.7 Å². The van der Waals surface area contributed by atoms with E-state index in [2.05, 4.69) is 20.5 Å². The van der Waals surface area contributed by atoms with Crippen molar-refractivity contribution in [2.24, 2.45) is 0 Å². The highest BCUT2D eigenvalue weighted by Crippen LogP contribution is 2.21. The van der Waals surface area contributed by atoms with Crippen molar-refractivity contribution in [2.45, 2.75) is 18.5 Å². The zero-order chi connectivity index (χ0) is 20.6. The largest absolute Gasteiger partial charge is 0.462 e. The summed E-state index contributed by atoms with van der Waals surface area (Å²) in [5.41, 5.74) is 1.77. The number of nitrogens with zero attached hydrogens (tertiary/aromatic N) is 2. The second-order valence-corrected chi connectivity index (χ2v) is 7.41. The minimum atomic E-state index is -0.409. The van der Waals surface area contributed by atoms with Gasteiger partial charge in [0, 0.05) is 16.3 Å². The van der Waals surface area contributed by atoms with Crippen LogP contribution in [-0.2, 0) is 9.53 Å². The number of thioether (sulfide) groups is 1. The Bertz CT molecular complexity index is 991. The Balaban J connectivity index is 1.54. The Morgan fingerprint density at radius 2 is 2.00 bits per heavy atom. The number of benzene rings is 2. The molecular weight excluding hydrogens is 412 g/mol. The van der Waals surface area contributed by atoms with Gasteiger partial charge in [-0.2, -0.15) is 0 Å². The first kappa shape index (κ1) is 20.9. The van der Waals surface area contributed by atoms with Crippen LogP contribution in [0.4, 0.5) is 5.69 Å². The smallest absolute Gasteiger partial charge is 0.338 e. The molecule has 1 heterocycles. The summed E-state index contributed by atoms with van der Waals surface area (Å²) in [6.07, 6.45) is 0.750. The number of carbonyl (C=O) groups is 2. The number of aromatic amines is 1. The Hall–Kier alpha value is -2.84. The molecule has 9 heteroatoms. The molecule has 0 aliphatic rings. The topological polar surface area (TPSA) is 97.0 Å². The normalized spacial score (nSPS) is 10.6. The third-order valence-corrected chi connectivity index (χ3v) is 4.83. The van der Waals surface area contributed by atoms with Gasteiger partial charge >= 0.3 is 5.97 Å². The Morgan fingerprint density at radius 3 is 2.76 bits per heavy atom. The lowest BCUT2D eigenvalue weighted by Crippen LogP contribution is -2.15. The molecule has 0 atom stereocenters. The van der Waals surface area contributed by atoms with E-state index >= 15 is 0 Å². The van der Waals surface area contributed by atoms with Crippen LogP contribution in [-0.4, -0.2) is 39.4 Å². The first-order chi connectivity index (χ1) is 14.0. The summed E-state index contributed by atoms with van der Waals surface area (Å²) in [6, 6.07) is 13.9. The van der Waals surface area contributed by atoms with Gasteiger partial charge in [-0.1, -0.05) is 36.4 Å². The van der Waals surface area contributed by atoms with Crippen molar-refractivity contribution in [3.63, 3.8) is 0 Å². The van der Waals surface area contributed by atoms with Crippen LogP contribution in [0.3, 0.4) is 0 Å². The van der Waals surface area contributed by atoms with Gasteiger partial charge in [0.25, 0.3) is 0 Å². The van der Waals surface area contributed by atoms with E-state index in [9.17, 15) is 9.59 Å². The number of nitrogens with one attached hydrogen (secondary N) is 2. The summed E-state index contributed by atoms with van der Waals surface area (Å²) < 4.78 is 5.10. The van der Waals surface area contributed by atoms with Crippen molar-refractivity contribution in [2.75, 3.05) is 17.7 Å². The zero-order valence-corrected chi connectivity index (χ0v) is 17.2. The molecular formula is C20H19ClN4O3S. The summed E-state index contributed by atoms with van der Waals surface area (Å²) in [6.45, 7) is 2.29. The fourth-order valence-corrected chi connectivity index (χ4v) is 3.10. The van der Waals surface area contributed by atoms with E-state index in [0.29, 0.717) is 33.9 Å². The molecule has 150 valence electrons. The average Bonchev–Trinajstić information content (AvgIpc) is 3.20. The van der Waals surface area contributed by atoms with Crippen molar-refractivity contribution in [3.8, 4) is 11.4 Å². The molecule has 2 N–H and O–H groups in total.